The van der Waals surface area contributed by atoms with Gasteiger partial charge < -0.3 is 9.84 Å². The molecule has 2 aliphatic rings. The molecular weight excluding hydrogens is 276 g/mol. The average molecular weight is 292 g/mol. The molecule has 1 aliphatic heterocycles. The van der Waals surface area contributed by atoms with Gasteiger partial charge in [-0.25, -0.2) is 0 Å². The maximum atomic E-state index is 12.5. The summed E-state index contributed by atoms with van der Waals surface area (Å²) in [6.07, 6.45) is -0.379. The Morgan fingerprint density at radius 1 is 1.00 bits per heavy atom. The minimum absolute atomic E-state index is 0.0508. The summed E-state index contributed by atoms with van der Waals surface area (Å²) < 4.78 is 5.82. The summed E-state index contributed by atoms with van der Waals surface area (Å²) in [6, 6.07) is 17.1. The van der Waals surface area contributed by atoms with Crippen LogP contribution in [0.1, 0.15) is 23.7 Å². The van der Waals surface area contributed by atoms with Crippen LogP contribution >= 0.6 is 0 Å². The van der Waals surface area contributed by atoms with E-state index in [4.69, 9.17) is 4.74 Å². The van der Waals surface area contributed by atoms with Crippen molar-refractivity contribution in [2.24, 2.45) is 5.92 Å². The highest BCUT2D eigenvalue weighted by atomic mass is 16.5. The third-order valence-corrected chi connectivity index (χ3v) is 4.45. The molecule has 0 saturated heterocycles. The number of benzene rings is 2. The van der Waals surface area contributed by atoms with Crippen LogP contribution in [0.15, 0.2) is 60.2 Å². The quantitative estimate of drug-likeness (QED) is 0.878. The molecule has 4 rings (SSSR count). The van der Waals surface area contributed by atoms with Gasteiger partial charge in [0.15, 0.2) is 5.78 Å². The van der Waals surface area contributed by atoms with Gasteiger partial charge in [0, 0.05) is 23.5 Å². The predicted octanol–water partition coefficient (Wildman–Crippen LogP) is 3.16. The Bertz CT molecular complexity index is 761. The van der Waals surface area contributed by atoms with Crippen molar-refractivity contribution in [3.8, 4) is 5.75 Å². The first kappa shape index (κ1) is 13.3. The van der Waals surface area contributed by atoms with Gasteiger partial charge in [0.25, 0.3) is 0 Å². The lowest BCUT2D eigenvalue weighted by atomic mass is 9.90. The highest BCUT2D eigenvalue weighted by molar-refractivity contribution is 6.24. The minimum Gasteiger partial charge on any atom is -0.493 e. The third kappa shape index (κ3) is 1.97. The van der Waals surface area contributed by atoms with Gasteiger partial charge in [-0.05, 0) is 17.2 Å². The topological polar surface area (TPSA) is 46.5 Å². The number of fused-ring (bicyclic) bond motifs is 2. The number of ketones is 1. The number of carbonyl (C=O) groups excluding carboxylic acids is 1. The van der Waals surface area contributed by atoms with E-state index in [1.54, 1.807) is 0 Å². The fraction of sp³-hybridized carbons (Fsp3) is 0.211. The van der Waals surface area contributed by atoms with Crippen molar-refractivity contribution in [2.75, 3.05) is 6.61 Å². The normalized spacial score (nSPS) is 23.6. The SMILES string of the molecule is O=C1C[C@@H]2COc3ccccc3[C@@H](O)C2=C1c1ccccc1. The van der Waals surface area contributed by atoms with E-state index < -0.39 is 6.10 Å². The predicted molar refractivity (Wildman–Crippen MR) is 83.4 cm³/mol. The number of aliphatic hydroxyl groups is 1. The van der Waals surface area contributed by atoms with Gasteiger partial charge in [-0.3, -0.25) is 4.79 Å². The largest absolute Gasteiger partial charge is 0.493 e. The van der Waals surface area contributed by atoms with Crippen LogP contribution in [0.3, 0.4) is 0 Å². The molecule has 110 valence electrons. The molecule has 0 aromatic heterocycles. The Labute approximate surface area is 128 Å². The highest BCUT2D eigenvalue weighted by Crippen LogP contribution is 2.46. The van der Waals surface area contributed by atoms with E-state index >= 15 is 0 Å². The Hall–Kier alpha value is -2.39. The van der Waals surface area contributed by atoms with Gasteiger partial charge in [-0.1, -0.05) is 48.5 Å². The van der Waals surface area contributed by atoms with Crippen LogP contribution in [0.4, 0.5) is 0 Å². The second-order valence-corrected chi connectivity index (χ2v) is 5.77. The number of para-hydroxylation sites is 1. The molecule has 1 heterocycles. The van der Waals surface area contributed by atoms with Crippen molar-refractivity contribution in [2.45, 2.75) is 12.5 Å². The molecule has 0 radical (unpaired) electrons. The molecule has 2 aromatic rings. The standard InChI is InChI=1S/C19H16O3/c20-15-10-13-11-22-16-9-5-4-8-14(16)19(21)18(13)17(15)12-6-2-1-3-7-12/h1-9,13,19,21H,10-11H2/t13-,19-/m1/s1. The number of hydrogen-bond donors (Lipinski definition) is 1. The summed E-state index contributed by atoms with van der Waals surface area (Å²) in [6.45, 7) is 0.436. The fourth-order valence-electron chi connectivity index (χ4n) is 3.44. The summed E-state index contributed by atoms with van der Waals surface area (Å²) >= 11 is 0. The lowest BCUT2D eigenvalue weighted by molar-refractivity contribution is -0.113. The van der Waals surface area contributed by atoms with Crippen LogP contribution in [-0.4, -0.2) is 17.5 Å². The van der Waals surface area contributed by atoms with Crippen LogP contribution in [0.5, 0.6) is 5.75 Å². The van der Waals surface area contributed by atoms with E-state index in [1.807, 2.05) is 54.6 Å². The Morgan fingerprint density at radius 2 is 1.73 bits per heavy atom. The molecular formula is C19H16O3. The highest BCUT2D eigenvalue weighted by Gasteiger charge is 2.39. The van der Waals surface area contributed by atoms with Crippen molar-refractivity contribution in [3.63, 3.8) is 0 Å². The molecule has 0 spiro atoms. The zero-order chi connectivity index (χ0) is 15.1. The number of rotatable bonds is 1. The molecule has 0 amide bonds. The summed E-state index contributed by atoms with van der Waals surface area (Å²) in [4.78, 5) is 12.5. The van der Waals surface area contributed by atoms with E-state index in [-0.39, 0.29) is 11.7 Å². The molecule has 0 saturated carbocycles. The summed E-state index contributed by atoms with van der Waals surface area (Å²) in [5.41, 5.74) is 3.09. The van der Waals surface area contributed by atoms with Crippen molar-refractivity contribution in [1.29, 1.82) is 0 Å². The molecule has 2 aromatic carbocycles. The number of ether oxygens (including phenoxy) is 1. The van der Waals surface area contributed by atoms with Gasteiger partial charge in [-0.15, -0.1) is 0 Å². The van der Waals surface area contributed by atoms with Gasteiger partial charge in [0.2, 0.25) is 0 Å². The number of aliphatic hydroxyl groups excluding tert-OH is 1. The Kier molecular flexibility index (Phi) is 3.09. The Balaban J connectivity index is 1.91. The van der Waals surface area contributed by atoms with Crippen LogP contribution in [-0.2, 0) is 4.79 Å². The van der Waals surface area contributed by atoms with Gasteiger partial charge in [0.05, 0.1) is 6.61 Å². The van der Waals surface area contributed by atoms with E-state index in [1.165, 1.54) is 0 Å². The van der Waals surface area contributed by atoms with Crippen LogP contribution in [0, 0.1) is 5.92 Å². The fourth-order valence-corrected chi connectivity index (χ4v) is 3.44. The van der Waals surface area contributed by atoms with Crippen molar-refractivity contribution >= 4 is 11.4 Å². The smallest absolute Gasteiger partial charge is 0.164 e. The molecule has 2 atom stereocenters. The number of Topliss-reactive ketones (excluding diaryl/α,β-unsaturated/α-hetero) is 1. The van der Waals surface area contributed by atoms with E-state index in [0.29, 0.717) is 24.4 Å². The summed E-state index contributed by atoms with van der Waals surface area (Å²) in [5.74, 6) is 0.745. The molecule has 22 heavy (non-hydrogen) atoms. The molecule has 1 aliphatic carbocycles. The second-order valence-electron chi connectivity index (χ2n) is 5.77. The number of carbonyl (C=O) groups is 1. The first-order chi connectivity index (χ1) is 10.8. The first-order valence-electron chi connectivity index (χ1n) is 7.48. The zero-order valence-corrected chi connectivity index (χ0v) is 12.0. The maximum absolute atomic E-state index is 12.5. The van der Waals surface area contributed by atoms with E-state index in [2.05, 4.69) is 0 Å². The monoisotopic (exact) mass is 292 g/mol. The third-order valence-electron chi connectivity index (χ3n) is 4.45. The van der Waals surface area contributed by atoms with E-state index in [9.17, 15) is 9.90 Å². The molecule has 0 fully saturated rings. The van der Waals surface area contributed by atoms with Gasteiger partial charge in [-0.2, -0.15) is 0 Å². The van der Waals surface area contributed by atoms with E-state index in [0.717, 1.165) is 16.7 Å². The van der Waals surface area contributed by atoms with Gasteiger partial charge >= 0.3 is 0 Å². The number of allylic oxidation sites excluding steroid dienone is 1. The van der Waals surface area contributed by atoms with Crippen LogP contribution in [0.25, 0.3) is 5.57 Å². The zero-order valence-electron chi connectivity index (χ0n) is 12.0. The Morgan fingerprint density at radius 3 is 2.55 bits per heavy atom. The van der Waals surface area contributed by atoms with Gasteiger partial charge in [0.1, 0.15) is 11.9 Å². The van der Waals surface area contributed by atoms with Crippen LogP contribution < -0.4 is 4.74 Å². The van der Waals surface area contributed by atoms with Crippen molar-refractivity contribution < 1.29 is 14.6 Å². The second kappa shape index (κ2) is 5.11. The van der Waals surface area contributed by atoms with Crippen LogP contribution in [0.2, 0.25) is 0 Å². The molecule has 0 bridgehead atoms. The summed E-state index contributed by atoms with van der Waals surface area (Å²) in [7, 11) is 0. The molecule has 0 unspecified atom stereocenters. The molecule has 3 heteroatoms. The minimum atomic E-state index is -0.787. The lowest BCUT2D eigenvalue weighted by Crippen LogP contribution is -2.12. The maximum Gasteiger partial charge on any atom is 0.164 e. The lowest BCUT2D eigenvalue weighted by Gasteiger charge is -2.16. The average Bonchev–Trinajstić information content (AvgIpc) is 2.83. The summed E-state index contributed by atoms with van der Waals surface area (Å²) in [5, 5.41) is 10.9. The number of hydrogen-bond acceptors (Lipinski definition) is 3. The van der Waals surface area contributed by atoms with Crippen molar-refractivity contribution in [1.82, 2.24) is 0 Å². The first-order valence-corrected chi connectivity index (χ1v) is 7.48. The molecule has 1 N–H and O–H groups in total. The van der Waals surface area contributed by atoms with Crippen molar-refractivity contribution in [3.05, 3.63) is 71.3 Å². The molecule has 3 nitrogen and oxygen atoms in total.